The van der Waals surface area contributed by atoms with Gasteiger partial charge in [0, 0.05) is 27.1 Å². The lowest BCUT2D eigenvalue weighted by Gasteiger charge is -2.18. The number of aliphatic hydroxyl groups is 1. The number of aromatic amines is 1. The van der Waals surface area contributed by atoms with Gasteiger partial charge in [-0.25, -0.2) is 4.98 Å². The maximum absolute atomic E-state index is 11.9. The van der Waals surface area contributed by atoms with E-state index in [4.69, 9.17) is 4.74 Å². The van der Waals surface area contributed by atoms with Gasteiger partial charge < -0.3 is 14.7 Å². The van der Waals surface area contributed by atoms with Crippen LogP contribution in [0, 0.1) is 0 Å². The number of amides is 1. The van der Waals surface area contributed by atoms with Gasteiger partial charge >= 0.3 is 0 Å². The second-order valence-electron chi connectivity index (χ2n) is 4.15. The molecule has 0 spiro atoms. The number of nitrogens with zero attached hydrogens (tertiary/aromatic N) is 3. The van der Waals surface area contributed by atoms with Crippen LogP contribution in [0.15, 0.2) is 0 Å². The molecule has 1 aromatic heterocycles. The summed E-state index contributed by atoms with van der Waals surface area (Å²) in [4.78, 5) is 17.4. The molecular formula is C11H20N4O3. The van der Waals surface area contributed by atoms with Gasteiger partial charge in [0.15, 0.2) is 0 Å². The van der Waals surface area contributed by atoms with Gasteiger partial charge in [-0.2, -0.15) is 0 Å². The lowest BCUT2D eigenvalue weighted by Crippen LogP contribution is -2.36. The van der Waals surface area contributed by atoms with Crippen molar-refractivity contribution in [2.45, 2.75) is 25.9 Å². The van der Waals surface area contributed by atoms with E-state index in [1.54, 1.807) is 7.05 Å². The minimum atomic E-state index is -0.710. The average molecular weight is 256 g/mol. The van der Waals surface area contributed by atoms with Crippen LogP contribution in [-0.2, 0) is 11.2 Å². The number of methoxy groups -OCH3 is 1. The summed E-state index contributed by atoms with van der Waals surface area (Å²) in [6.45, 7) is 2.40. The number of carbonyl (C=O) groups is 1. The number of rotatable bonds is 7. The van der Waals surface area contributed by atoms with Gasteiger partial charge in [0.2, 0.25) is 5.82 Å². The lowest BCUT2D eigenvalue weighted by atomic mass is 10.3. The molecule has 7 heteroatoms. The van der Waals surface area contributed by atoms with Crippen molar-refractivity contribution in [1.29, 1.82) is 0 Å². The van der Waals surface area contributed by atoms with E-state index < -0.39 is 6.10 Å². The number of nitrogens with one attached hydrogen (secondary N) is 1. The van der Waals surface area contributed by atoms with E-state index in [1.807, 2.05) is 6.92 Å². The molecule has 1 rings (SSSR count). The van der Waals surface area contributed by atoms with Gasteiger partial charge in [0.1, 0.15) is 5.82 Å². The Morgan fingerprint density at radius 3 is 2.94 bits per heavy atom. The van der Waals surface area contributed by atoms with Gasteiger partial charge in [0.05, 0.1) is 12.7 Å². The predicted octanol–water partition coefficient (Wildman–Crippen LogP) is -0.164. The molecule has 0 radical (unpaired) electrons. The predicted molar refractivity (Wildman–Crippen MR) is 65.2 cm³/mol. The van der Waals surface area contributed by atoms with Crippen LogP contribution in [0.1, 0.15) is 29.8 Å². The number of aromatic nitrogens is 3. The highest BCUT2D eigenvalue weighted by molar-refractivity contribution is 5.90. The highest BCUT2D eigenvalue weighted by atomic mass is 16.5. The zero-order valence-electron chi connectivity index (χ0n) is 11.0. The molecule has 7 nitrogen and oxygen atoms in total. The first-order valence-corrected chi connectivity index (χ1v) is 5.92. The van der Waals surface area contributed by atoms with E-state index in [-0.39, 0.29) is 24.9 Å². The lowest BCUT2D eigenvalue weighted by molar-refractivity contribution is 0.0375. The van der Waals surface area contributed by atoms with E-state index in [2.05, 4.69) is 15.2 Å². The van der Waals surface area contributed by atoms with Crippen molar-refractivity contribution in [2.24, 2.45) is 0 Å². The van der Waals surface area contributed by atoms with Gasteiger partial charge in [-0.3, -0.25) is 9.89 Å². The zero-order valence-corrected chi connectivity index (χ0v) is 11.0. The first kappa shape index (κ1) is 14.6. The Hall–Kier alpha value is -1.47. The Balaban J connectivity index is 2.56. The van der Waals surface area contributed by atoms with Crippen LogP contribution in [-0.4, -0.2) is 64.5 Å². The molecule has 0 saturated carbocycles. The molecule has 1 unspecified atom stereocenters. The topological polar surface area (TPSA) is 91.3 Å². The summed E-state index contributed by atoms with van der Waals surface area (Å²) in [5.74, 6) is 0.515. The first-order valence-electron chi connectivity index (χ1n) is 5.92. The van der Waals surface area contributed by atoms with Crippen LogP contribution in [0.4, 0.5) is 0 Å². The minimum absolute atomic E-state index is 0.130. The molecule has 0 saturated heterocycles. The summed E-state index contributed by atoms with van der Waals surface area (Å²) in [5, 5.41) is 16.1. The normalized spacial score (nSPS) is 12.4. The van der Waals surface area contributed by atoms with Crippen LogP contribution in [0.5, 0.6) is 0 Å². The number of ether oxygens (including phenoxy) is 1. The monoisotopic (exact) mass is 256 g/mol. The van der Waals surface area contributed by atoms with Crippen molar-refractivity contribution in [3.8, 4) is 0 Å². The SMILES string of the molecule is CCCc1nc(C(=O)N(C)CC(O)COC)n[nH]1. The third-order valence-corrected chi connectivity index (χ3v) is 2.40. The fraction of sp³-hybridized carbons (Fsp3) is 0.727. The van der Waals surface area contributed by atoms with Gasteiger partial charge in [-0.1, -0.05) is 6.92 Å². The van der Waals surface area contributed by atoms with Crippen molar-refractivity contribution in [1.82, 2.24) is 20.1 Å². The number of aliphatic hydroxyl groups excluding tert-OH is 1. The standard InChI is InChI=1S/C11H20N4O3/c1-4-5-9-12-10(14-13-9)11(17)15(2)6-8(16)7-18-3/h8,16H,4-7H2,1-3H3,(H,12,13,14). The molecule has 1 aromatic rings. The Labute approximate surface area is 106 Å². The smallest absolute Gasteiger partial charge is 0.293 e. The number of H-pyrrole nitrogens is 1. The molecule has 2 N–H and O–H groups in total. The van der Waals surface area contributed by atoms with Gasteiger partial charge in [0.25, 0.3) is 5.91 Å². The molecule has 0 bridgehead atoms. The second-order valence-corrected chi connectivity index (χ2v) is 4.15. The largest absolute Gasteiger partial charge is 0.389 e. The van der Waals surface area contributed by atoms with Crippen LogP contribution in [0.3, 0.4) is 0 Å². The summed E-state index contributed by atoms with van der Waals surface area (Å²) < 4.78 is 4.80. The summed E-state index contributed by atoms with van der Waals surface area (Å²) in [6.07, 6.45) is 0.986. The molecule has 0 fully saturated rings. The minimum Gasteiger partial charge on any atom is -0.389 e. The summed E-state index contributed by atoms with van der Waals surface area (Å²) in [6, 6.07) is 0. The summed E-state index contributed by atoms with van der Waals surface area (Å²) in [5.41, 5.74) is 0. The second kappa shape index (κ2) is 7.07. The highest BCUT2D eigenvalue weighted by Crippen LogP contribution is 2.01. The maximum atomic E-state index is 11.9. The molecule has 1 atom stereocenters. The quantitative estimate of drug-likeness (QED) is 0.707. The number of likely N-dealkylation sites (N-methyl/N-ethyl adjacent to an activating group) is 1. The fourth-order valence-corrected chi connectivity index (χ4v) is 1.55. The Morgan fingerprint density at radius 1 is 1.61 bits per heavy atom. The fourth-order valence-electron chi connectivity index (χ4n) is 1.55. The molecule has 102 valence electrons. The van der Waals surface area contributed by atoms with E-state index >= 15 is 0 Å². The van der Waals surface area contributed by atoms with Crippen LogP contribution >= 0.6 is 0 Å². The first-order chi connectivity index (χ1) is 8.58. The molecule has 0 aliphatic carbocycles. The summed E-state index contributed by atoms with van der Waals surface area (Å²) >= 11 is 0. The number of hydrogen-bond donors (Lipinski definition) is 2. The van der Waals surface area contributed by atoms with Crippen molar-refractivity contribution in [2.75, 3.05) is 27.3 Å². The zero-order chi connectivity index (χ0) is 13.5. The van der Waals surface area contributed by atoms with E-state index in [0.29, 0.717) is 5.82 Å². The molecule has 1 amide bonds. The molecule has 18 heavy (non-hydrogen) atoms. The van der Waals surface area contributed by atoms with Crippen molar-refractivity contribution in [3.05, 3.63) is 11.6 Å². The number of hydrogen-bond acceptors (Lipinski definition) is 5. The van der Waals surface area contributed by atoms with Crippen LogP contribution < -0.4 is 0 Å². The van der Waals surface area contributed by atoms with Gasteiger partial charge in [-0.05, 0) is 6.42 Å². The van der Waals surface area contributed by atoms with E-state index in [9.17, 15) is 9.90 Å². The van der Waals surface area contributed by atoms with E-state index in [1.165, 1.54) is 12.0 Å². The Morgan fingerprint density at radius 2 is 2.33 bits per heavy atom. The molecule has 0 aromatic carbocycles. The highest BCUT2D eigenvalue weighted by Gasteiger charge is 2.19. The van der Waals surface area contributed by atoms with Gasteiger partial charge in [-0.15, -0.1) is 5.10 Å². The van der Waals surface area contributed by atoms with Crippen LogP contribution in [0.2, 0.25) is 0 Å². The third-order valence-electron chi connectivity index (χ3n) is 2.40. The molecular weight excluding hydrogens is 236 g/mol. The van der Waals surface area contributed by atoms with Crippen LogP contribution in [0.25, 0.3) is 0 Å². The maximum Gasteiger partial charge on any atom is 0.293 e. The molecule has 1 heterocycles. The molecule has 0 aliphatic heterocycles. The Kier molecular flexibility index (Phi) is 5.73. The Bertz CT molecular complexity index is 380. The van der Waals surface area contributed by atoms with E-state index in [0.717, 1.165) is 12.8 Å². The molecule has 0 aliphatic rings. The number of aryl methyl sites for hydroxylation is 1. The van der Waals surface area contributed by atoms with Crippen molar-refractivity contribution in [3.63, 3.8) is 0 Å². The summed E-state index contributed by atoms with van der Waals surface area (Å²) in [7, 11) is 3.09. The van der Waals surface area contributed by atoms with Crippen molar-refractivity contribution < 1.29 is 14.6 Å². The number of carbonyl (C=O) groups excluding carboxylic acids is 1. The third kappa shape index (κ3) is 4.08. The van der Waals surface area contributed by atoms with Crippen molar-refractivity contribution >= 4 is 5.91 Å². The average Bonchev–Trinajstić information content (AvgIpc) is 2.77.